The van der Waals surface area contributed by atoms with E-state index in [1.807, 2.05) is 49.4 Å². The maximum absolute atomic E-state index is 12.3. The molecule has 0 radical (unpaired) electrons. The van der Waals surface area contributed by atoms with Gasteiger partial charge in [-0.15, -0.1) is 10.2 Å². The lowest BCUT2D eigenvalue weighted by Gasteiger charge is -2.06. The zero-order valence-electron chi connectivity index (χ0n) is 15.8. The smallest absolute Gasteiger partial charge is 0.234 e. The summed E-state index contributed by atoms with van der Waals surface area (Å²) in [5.41, 5.74) is 4.63. The van der Waals surface area contributed by atoms with Crippen molar-refractivity contribution < 1.29 is 4.79 Å². The van der Waals surface area contributed by atoms with Gasteiger partial charge in [0.2, 0.25) is 11.1 Å². The van der Waals surface area contributed by atoms with E-state index < -0.39 is 0 Å². The second kappa shape index (κ2) is 7.98. The van der Waals surface area contributed by atoms with Gasteiger partial charge in [-0.05, 0) is 37.1 Å². The molecule has 6 nitrogen and oxygen atoms in total. The lowest BCUT2D eigenvalue weighted by molar-refractivity contribution is -0.113. The Morgan fingerprint density at radius 1 is 1.14 bits per heavy atom. The Balaban J connectivity index is 1.55. The number of hydrogen-bond acceptors (Lipinski definition) is 5. The Bertz CT molecular complexity index is 1150. The highest BCUT2D eigenvalue weighted by molar-refractivity contribution is 7.99. The molecule has 4 aromatic rings. The number of hydrogen-bond donors (Lipinski definition) is 1. The molecular weight excluding hydrogens is 370 g/mol. The Hall–Kier alpha value is -2.93. The number of amides is 1. The van der Waals surface area contributed by atoms with Crippen LogP contribution in [0.2, 0.25) is 0 Å². The van der Waals surface area contributed by atoms with E-state index in [0.717, 1.165) is 46.3 Å². The average molecular weight is 392 g/mol. The van der Waals surface area contributed by atoms with Crippen molar-refractivity contribution >= 4 is 45.4 Å². The molecule has 0 unspecified atom stereocenters. The summed E-state index contributed by atoms with van der Waals surface area (Å²) in [6.07, 6.45) is 0.999. The van der Waals surface area contributed by atoms with Crippen LogP contribution in [0.25, 0.3) is 22.1 Å². The van der Waals surface area contributed by atoms with Crippen LogP contribution >= 0.6 is 11.8 Å². The highest BCUT2D eigenvalue weighted by atomic mass is 32.2. The standard InChI is InChI=1S/C21H21N5OS/c1-3-11-26-17-10-5-4-9-16(17)19-20(26)23-21(25-24-19)28-13-18(27)22-15-8-6-7-14(2)12-15/h4-10,12H,3,11,13H2,1-2H3,(H,22,27). The summed E-state index contributed by atoms with van der Waals surface area (Å²) in [7, 11) is 0. The number of benzene rings is 2. The normalized spacial score (nSPS) is 11.2. The second-order valence-corrected chi connectivity index (χ2v) is 7.58. The van der Waals surface area contributed by atoms with E-state index in [-0.39, 0.29) is 11.7 Å². The van der Waals surface area contributed by atoms with Gasteiger partial charge in [-0.25, -0.2) is 4.98 Å². The van der Waals surface area contributed by atoms with E-state index in [1.165, 1.54) is 11.8 Å². The summed E-state index contributed by atoms with van der Waals surface area (Å²) in [4.78, 5) is 17.0. The molecule has 0 aliphatic carbocycles. The fourth-order valence-corrected chi connectivity index (χ4v) is 3.83. The van der Waals surface area contributed by atoms with Crippen LogP contribution in [0, 0.1) is 6.92 Å². The van der Waals surface area contributed by atoms with Crippen molar-refractivity contribution in [3.8, 4) is 0 Å². The molecule has 28 heavy (non-hydrogen) atoms. The number of rotatable bonds is 6. The highest BCUT2D eigenvalue weighted by Gasteiger charge is 2.15. The minimum Gasteiger partial charge on any atom is -0.325 e. The van der Waals surface area contributed by atoms with E-state index in [0.29, 0.717) is 5.16 Å². The van der Waals surface area contributed by atoms with Crippen LogP contribution < -0.4 is 5.32 Å². The molecule has 0 saturated carbocycles. The topological polar surface area (TPSA) is 72.7 Å². The Morgan fingerprint density at radius 3 is 2.82 bits per heavy atom. The van der Waals surface area contributed by atoms with E-state index in [2.05, 4.69) is 33.1 Å². The molecule has 0 spiro atoms. The van der Waals surface area contributed by atoms with Gasteiger partial charge in [-0.1, -0.05) is 49.0 Å². The van der Waals surface area contributed by atoms with E-state index in [1.54, 1.807) is 0 Å². The largest absolute Gasteiger partial charge is 0.325 e. The summed E-state index contributed by atoms with van der Waals surface area (Å²) in [6.45, 7) is 5.00. The summed E-state index contributed by atoms with van der Waals surface area (Å²) in [6, 6.07) is 15.9. The summed E-state index contributed by atoms with van der Waals surface area (Å²) in [5.74, 6) is 0.142. The van der Waals surface area contributed by atoms with Crippen LogP contribution in [-0.2, 0) is 11.3 Å². The third kappa shape index (κ3) is 3.71. The molecule has 4 rings (SSSR count). The van der Waals surface area contributed by atoms with Gasteiger partial charge in [0.25, 0.3) is 0 Å². The number of aromatic nitrogens is 4. The van der Waals surface area contributed by atoms with Crippen LogP contribution in [0.1, 0.15) is 18.9 Å². The third-order valence-electron chi connectivity index (χ3n) is 4.44. The van der Waals surface area contributed by atoms with Crippen molar-refractivity contribution in [3.05, 3.63) is 54.1 Å². The molecule has 0 saturated heterocycles. The van der Waals surface area contributed by atoms with Crippen LogP contribution in [0.15, 0.2) is 53.7 Å². The Morgan fingerprint density at radius 2 is 2.00 bits per heavy atom. The van der Waals surface area contributed by atoms with Gasteiger partial charge in [0.1, 0.15) is 5.52 Å². The second-order valence-electron chi connectivity index (χ2n) is 6.64. The number of para-hydroxylation sites is 1. The first-order chi connectivity index (χ1) is 13.7. The van der Waals surface area contributed by atoms with Crippen molar-refractivity contribution in [3.63, 3.8) is 0 Å². The van der Waals surface area contributed by atoms with Crippen molar-refractivity contribution in [1.82, 2.24) is 19.7 Å². The Labute approximate surface area is 167 Å². The first-order valence-corrected chi connectivity index (χ1v) is 10.2. The van der Waals surface area contributed by atoms with Crippen LogP contribution in [0.4, 0.5) is 5.69 Å². The fraction of sp³-hybridized carbons (Fsp3) is 0.238. The Kier molecular flexibility index (Phi) is 5.25. The number of nitrogens with zero attached hydrogens (tertiary/aromatic N) is 4. The highest BCUT2D eigenvalue weighted by Crippen LogP contribution is 2.27. The van der Waals surface area contributed by atoms with Gasteiger partial charge in [0.15, 0.2) is 5.65 Å². The maximum Gasteiger partial charge on any atom is 0.234 e. The van der Waals surface area contributed by atoms with Crippen molar-refractivity contribution in [1.29, 1.82) is 0 Å². The van der Waals surface area contributed by atoms with Crippen LogP contribution in [-0.4, -0.2) is 31.4 Å². The predicted octanol–water partition coefficient (Wildman–Crippen LogP) is 4.43. The zero-order valence-corrected chi connectivity index (χ0v) is 16.7. The van der Waals surface area contributed by atoms with Crippen molar-refractivity contribution in [2.75, 3.05) is 11.1 Å². The van der Waals surface area contributed by atoms with Crippen LogP contribution in [0.5, 0.6) is 0 Å². The summed E-state index contributed by atoms with van der Waals surface area (Å²) < 4.78 is 2.18. The number of aryl methyl sites for hydroxylation is 2. The van der Waals surface area contributed by atoms with Gasteiger partial charge in [-0.3, -0.25) is 4.79 Å². The van der Waals surface area contributed by atoms with Crippen molar-refractivity contribution in [2.45, 2.75) is 32.0 Å². The molecule has 0 atom stereocenters. The molecule has 0 aliphatic heterocycles. The van der Waals surface area contributed by atoms with Gasteiger partial charge < -0.3 is 9.88 Å². The average Bonchev–Trinajstić information content (AvgIpc) is 3.00. The van der Waals surface area contributed by atoms with Crippen LogP contribution in [0.3, 0.4) is 0 Å². The first-order valence-electron chi connectivity index (χ1n) is 9.26. The number of carbonyl (C=O) groups excluding carboxylic acids is 1. The van der Waals surface area contributed by atoms with Gasteiger partial charge in [0.05, 0.1) is 11.3 Å². The quantitative estimate of drug-likeness (QED) is 0.492. The van der Waals surface area contributed by atoms with E-state index in [9.17, 15) is 4.79 Å². The SMILES string of the molecule is CCCn1c2ccccc2c2nnc(SCC(=O)Nc3cccc(C)c3)nc21. The molecule has 142 valence electrons. The fourth-order valence-electron chi connectivity index (χ4n) is 3.25. The van der Waals surface area contributed by atoms with E-state index in [4.69, 9.17) is 4.98 Å². The molecule has 2 aromatic carbocycles. The number of thioether (sulfide) groups is 1. The molecule has 1 N–H and O–H groups in total. The first kappa shape index (κ1) is 18.4. The number of nitrogens with one attached hydrogen (secondary N) is 1. The summed E-state index contributed by atoms with van der Waals surface area (Å²) >= 11 is 1.29. The summed E-state index contributed by atoms with van der Waals surface area (Å²) in [5, 5.41) is 13.1. The lowest BCUT2D eigenvalue weighted by Crippen LogP contribution is -2.14. The molecule has 0 fully saturated rings. The molecular formula is C21H21N5OS. The predicted molar refractivity (Wildman–Crippen MR) is 114 cm³/mol. The third-order valence-corrected chi connectivity index (χ3v) is 5.27. The maximum atomic E-state index is 12.3. The molecule has 0 bridgehead atoms. The number of carbonyl (C=O) groups is 1. The molecule has 2 aromatic heterocycles. The minimum absolute atomic E-state index is 0.0894. The monoisotopic (exact) mass is 391 g/mol. The van der Waals surface area contributed by atoms with Gasteiger partial charge >= 0.3 is 0 Å². The molecule has 7 heteroatoms. The van der Waals surface area contributed by atoms with Crippen molar-refractivity contribution in [2.24, 2.45) is 0 Å². The molecule has 1 amide bonds. The van der Waals surface area contributed by atoms with Gasteiger partial charge in [0, 0.05) is 17.6 Å². The molecule has 2 heterocycles. The molecule has 0 aliphatic rings. The lowest BCUT2D eigenvalue weighted by atomic mass is 10.2. The van der Waals surface area contributed by atoms with Gasteiger partial charge in [-0.2, -0.15) is 0 Å². The number of anilines is 1. The minimum atomic E-state index is -0.0894. The zero-order chi connectivity index (χ0) is 19.5. The van der Waals surface area contributed by atoms with E-state index >= 15 is 0 Å². The number of fused-ring (bicyclic) bond motifs is 3.